The average Bonchev–Trinajstić information content (AvgIpc) is 2.67. The second-order valence-corrected chi connectivity index (χ2v) is 7.50. The Morgan fingerprint density at radius 1 is 1.15 bits per heavy atom. The lowest BCUT2D eigenvalue weighted by atomic mass is 10.1. The number of carbonyl (C=O) groups is 1. The minimum absolute atomic E-state index is 0.0142. The number of carbonyl (C=O) groups excluding carboxylic acids is 1. The molecule has 2 N–H and O–H groups in total. The van der Waals surface area contributed by atoms with Crippen LogP contribution in [-0.4, -0.2) is 35.1 Å². The minimum Gasteiger partial charge on any atom is -0.496 e. The number of hydrogen-bond acceptors (Lipinski definition) is 5. The first-order valence-electron chi connectivity index (χ1n) is 8.47. The number of amides is 1. The second-order valence-electron chi connectivity index (χ2n) is 5.79. The third-order valence-electron chi connectivity index (χ3n) is 3.98. The number of methoxy groups -OCH3 is 1. The van der Waals surface area contributed by atoms with Crippen molar-refractivity contribution in [2.45, 2.75) is 24.8 Å². The summed E-state index contributed by atoms with van der Waals surface area (Å²) in [6.07, 6.45) is 0. The molecule has 2 aromatic rings. The van der Waals surface area contributed by atoms with Crippen LogP contribution in [0.1, 0.15) is 35.8 Å². The Kier molecular flexibility index (Phi) is 6.81. The van der Waals surface area contributed by atoms with Crippen LogP contribution in [-0.2, 0) is 10.0 Å². The van der Waals surface area contributed by atoms with E-state index >= 15 is 0 Å². The zero-order chi connectivity index (χ0) is 20.0. The van der Waals surface area contributed by atoms with E-state index in [1.807, 2.05) is 19.1 Å². The predicted molar refractivity (Wildman–Crippen MR) is 103 cm³/mol. The predicted octanol–water partition coefficient (Wildman–Crippen LogP) is 2.49. The molecule has 0 saturated carbocycles. The molecular formula is C19H24N2O5S. The van der Waals surface area contributed by atoms with Crippen molar-refractivity contribution in [1.82, 2.24) is 10.0 Å². The largest absolute Gasteiger partial charge is 0.496 e. The molecule has 0 spiro atoms. The van der Waals surface area contributed by atoms with Gasteiger partial charge in [0, 0.05) is 13.1 Å². The molecule has 0 fully saturated rings. The summed E-state index contributed by atoms with van der Waals surface area (Å²) < 4.78 is 38.6. The molecule has 0 bridgehead atoms. The molecule has 0 radical (unpaired) electrons. The summed E-state index contributed by atoms with van der Waals surface area (Å²) in [5.41, 5.74) is 0.943. The van der Waals surface area contributed by atoms with E-state index in [9.17, 15) is 13.2 Å². The lowest BCUT2D eigenvalue weighted by molar-refractivity contribution is 0.0960. The van der Waals surface area contributed by atoms with Gasteiger partial charge in [0.05, 0.1) is 24.2 Å². The summed E-state index contributed by atoms with van der Waals surface area (Å²) >= 11 is 0. The van der Waals surface area contributed by atoms with Crippen molar-refractivity contribution in [3.8, 4) is 11.5 Å². The number of nitrogens with one attached hydrogen (secondary N) is 2. The lowest BCUT2D eigenvalue weighted by Gasteiger charge is -2.16. The van der Waals surface area contributed by atoms with E-state index in [1.54, 1.807) is 19.1 Å². The molecule has 1 atom stereocenters. The van der Waals surface area contributed by atoms with E-state index in [4.69, 9.17) is 9.47 Å². The normalized spacial score (nSPS) is 12.3. The summed E-state index contributed by atoms with van der Waals surface area (Å²) in [7, 11) is -0.948. The van der Waals surface area contributed by atoms with Gasteiger partial charge in [0.15, 0.2) is 0 Å². The van der Waals surface area contributed by atoms with Gasteiger partial charge in [-0.3, -0.25) is 4.79 Å². The molecule has 2 aromatic carbocycles. The average molecular weight is 392 g/mol. The van der Waals surface area contributed by atoms with Crippen LogP contribution in [0.15, 0.2) is 47.4 Å². The van der Waals surface area contributed by atoms with Gasteiger partial charge in [0.25, 0.3) is 5.91 Å². The van der Waals surface area contributed by atoms with Gasteiger partial charge in [-0.15, -0.1) is 0 Å². The van der Waals surface area contributed by atoms with Gasteiger partial charge in [-0.1, -0.05) is 12.1 Å². The van der Waals surface area contributed by atoms with Crippen LogP contribution in [0.25, 0.3) is 0 Å². The molecule has 0 heterocycles. The zero-order valence-corrected chi connectivity index (χ0v) is 16.6. The van der Waals surface area contributed by atoms with Crippen LogP contribution in [0.2, 0.25) is 0 Å². The van der Waals surface area contributed by atoms with Crippen LogP contribution in [0.5, 0.6) is 11.5 Å². The Morgan fingerprint density at radius 3 is 2.37 bits per heavy atom. The van der Waals surface area contributed by atoms with Crippen LogP contribution in [0, 0.1) is 0 Å². The molecule has 0 aliphatic heterocycles. The smallest absolute Gasteiger partial charge is 0.254 e. The monoisotopic (exact) mass is 392 g/mol. The summed E-state index contributed by atoms with van der Waals surface area (Å²) in [6, 6.07) is 10.9. The lowest BCUT2D eigenvalue weighted by Crippen LogP contribution is -2.27. The van der Waals surface area contributed by atoms with Crippen LogP contribution >= 0.6 is 0 Å². The maximum absolute atomic E-state index is 12.7. The van der Waals surface area contributed by atoms with Crippen molar-refractivity contribution in [2.75, 3.05) is 20.8 Å². The van der Waals surface area contributed by atoms with Crippen molar-refractivity contribution in [2.24, 2.45) is 0 Å². The molecule has 7 nitrogen and oxygen atoms in total. The molecule has 146 valence electrons. The maximum Gasteiger partial charge on any atom is 0.254 e. The third kappa shape index (κ3) is 4.99. The van der Waals surface area contributed by atoms with Crippen LogP contribution < -0.4 is 19.5 Å². The topological polar surface area (TPSA) is 93.7 Å². The van der Waals surface area contributed by atoms with Crippen molar-refractivity contribution >= 4 is 15.9 Å². The quantitative estimate of drug-likeness (QED) is 0.720. The zero-order valence-electron chi connectivity index (χ0n) is 15.8. The summed E-state index contributed by atoms with van der Waals surface area (Å²) in [5.74, 6) is 0.595. The van der Waals surface area contributed by atoms with E-state index in [0.29, 0.717) is 12.4 Å². The highest BCUT2D eigenvalue weighted by atomic mass is 32.2. The number of hydrogen-bond donors (Lipinski definition) is 2. The van der Waals surface area contributed by atoms with Gasteiger partial charge in [0.1, 0.15) is 11.5 Å². The Morgan fingerprint density at radius 2 is 1.81 bits per heavy atom. The molecular weight excluding hydrogens is 368 g/mol. The molecule has 8 heteroatoms. The van der Waals surface area contributed by atoms with Gasteiger partial charge < -0.3 is 14.8 Å². The van der Waals surface area contributed by atoms with E-state index in [-0.39, 0.29) is 10.5 Å². The minimum atomic E-state index is -3.83. The molecule has 0 aliphatic rings. The van der Waals surface area contributed by atoms with E-state index in [1.165, 1.54) is 32.4 Å². The fraction of sp³-hybridized carbons (Fsp3) is 0.316. The first kappa shape index (κ1) is 20.7. The van der Waals surface area contributed by atoms with Gasteiger partial charge in [-0.2, -0.15) is 0 Å². The van der Waals surface area contributed by atoms with E-state index < -0.39 is 22.0 Å². The second kappa shape index (κ2) is 8.88. The highest BCUT2D eigenvalue weighted by Gasteiger charge is 2.22. The number of sulfonamides is 1. The van der Waals surface area contributed by atoms with Crippen LogP contribution in [0.4, 0.5) is 0 Å². The summed E-state index contributed by atoms with van der Waals surface area (Å²) in [5, 5.41) is 2.47. The van der Waals surface area contributed by atoms with Gasteiger partial charge >= 0.3 is 0 Å². The van der Waals surface area contributed by atoms with E-state index in [2.05, 4.69) is 10.0 Å². The fourth-order valence-electron chi connectivity index (χ4n) is 2.55. The maximum atomic E-state index is 12.7. The fourth-order valence-corrected chi connectivity index (χ4v) is 3.81. The summed E-state index contributed by atoms with van der Waals surface area (Å²) in [6.45, 7) is 4.20. The molecule has 0 aromatic heterocycles. The molecule has 0 unspecified atom stereocenters. The highest BCUT2D eigenvalue weighted by Crippen LogP contribution is 2.24. The SMILES string of the molecule is CCOc1ccc([C@H](C)NS(=O)(=O)c2ccc(OC)c(C(=O)NC)c2)cc1. The Hall–Kier alpha value is -2.58. The van der Waals surface area contributed by atoms with Crippen molar-refractivity contribution < 1.29 is 22.7 Å². The summed E-state index contributed by atoms with van der Waals surface area (Å²) in [4.78, 5) is 12.0. The first-order chi connectivity index (χ1) is 12.8. The number of ether oxygens (including phenoxy) is 2. The number of rotatable bonds is 8. The van der Waals surface area contributed by atoms with Gasteiger partial charge in [0.2, 0.25) is 10.0 Å². The first-order valence-corrected chi connectivity index (χ1v) is 9.96. The van der Waals surface area contributed by atoms with Crippen LogP contribution in [0.3, 0.4) is 0 Å². The van der Waals surface area contributed by atoms with Crippen molar-refractivity contribution in [3.63, 3.8) is 0 Å². The van der Waals surface area contributed by atoms with Crippen molar-refractivity contribution in [3.05, 3.63) is 53.6 Å². The Bertz CT molecular complexity index is 895. The Labute approximate surface area is 159 Å². The molecule has 1 amide bonds. The van der Waals surface area contributed by atoms with Gasteiger partial charge in [-0.05, 0) is 49.7 Å². The van der Waals surface area contributed by atoms with Gasteiger partial charge in [-0.25, -0.2) is 13.1 Å². The molecule has 2 rings (SSSR count). The molecule has 27 heavy (non-hydrogen) atoms. The highest BCUT2D eigenvalue weighted by molar-refractivity contribution is 7.89. The third-order valence-corrected chi connectivity index (χ3v) is 5.51. The molecule has 0 saturated heterocycles. The van der Waals surface area contributed by atoms with E-state index in [0.717, 1.165) is 11.3 Å². The Balaban J connectivity index is 2.26. The standard InChI is InChI=1S/C19H24N2O5S/c1-5-26-15-8-6-14(7-9-15)13(2)21-27(23,24)16-10-11-18(25-4)17(12-16)19(22)20-3/h6-13,21H,5H2,1-4H3,(H,20,22)/t13-/m0/s1. The molecule has 0 aliphatic carbocycles. The van der Waals surface area contributed by atoms with Crippen molar-refractivity contribution in [1.29, 1.82) is 0 Å². The number of benzene rings is 2.